The molecule has 5 N–H and O–H groups in total. The quantitative estimate of drug-likeness (QED) is 0.327. The van der Waals surface area contributed by atoms with E-state index in [2.05, 4.69) is 26.3 Å². The minimum atomic E-state index is -1.17. The summed E-state index contributed by atoms with van der Waals surface area (Å²) in [7, 11) is 0. The number of anilines is 1. The summed E-state index contributed by atoms with van der Waals surface area (Å²) in [5.41, 5.74) is -0.545. The van der Waals surface area contributed by atoms with Gasteiger partial charge < -0.3 is 31.1 Å². The molecule has 1 saturated carbocycles. The van der Waals surface area contributed by atoms with E-state index in [0.717, 1.165) is 44.3 Å². The van der Waals surface area contributed by atoms with Crippen LogP contribution in [0.5, 0.6) is 0 Å². The highest BCUT2D eigenvalue weighted by molar-refractivity contribution is 5.88. The topological polar surface area (TPSA) is 142 Å². The second kappa shape index (κ2) is 11.9. The lowest BCUT2D eigenvalue weighted by Gasteiger charge is -2.33. The molecule has 0 bridgehead atoms. The Morgan fingerprint density at radius 1 is 1.27 bits per heavy atom. The summed E-state index contributed by atoms with van der Waals surface area (Å²) in [6, 6.07) is 4.70. The van der Waals surface area contributed by atoms with E-state index in [1.807, 2.05) is 25.1 Å². The predicted molar refractivity (Wildman–Crippen MR) is 123 cm³/mol. The van der Waals surface area contributed by atoms with E-state index in [0.29, 0.717) is 13.1 Å². The van der Waals surface area contributed by atoms with Crippen LogP contribution in [0, 0.1) is 5.41 Å². The average molecular weight is 462 g/mol. The van der Waals surface area contributed by atoms with Gasteiger partial charge in [0, 0.05) is 37.3 Å². The van der Waals surface area contributed by atoms with E-state index >= 15 is 0 Å². The Bertz CT molecular complexity index is 800. The number of aromatic nitrogens is 1. The lowest BCUT2D eigenvalue weighted by molar-refractivity contribution is -0.144. The van der Waals surface area contributed by atoms with Crippen molar-refractivity contribution in [1.82, 2.24) is 20.9 Å². The Morgan fingerprint density at radius 2 is 2.06 bits per heavy atom. The summed E-state index contributed by atoms with van der Waals surface area (Å²) in [5.74, 6) is -1.04. The predicted octanol–water partition coefficient (Wildman–Crippen LogP) is 0.897. The normalized spacial score (nSPS) is 22.8. The van der Waals surface area contributed by atoms with Gasteiger partial charge in [-0.1, -0.05) is 32.3 Å². The number of carbonyl (C=O) groups excluding carboxylic acids is 2. The van der Waals surface area contributed by atoms with Gasteiger partial charge in [0.1, 0.15) is 18.5 Å². The van der Waals surface area contributed by atoms with Crippen molar-refractivity contribution in [3.63, 3.8) is 0 Å². The highest BCUT2D eigenvalue weighted by atomic mass is 16.5. The smallest absolute Gasteiger partial charge is 0.328 e. The number of nitrogens with one attached hydrogen (secondary N) is 4. The van der Waals surface area contributed by atoms with Gasteiger partial charge in [-0.15, -0.1) is 0 Å². The lowest BCUT2D eigenvalue weighted by atomic mass is 9.75. The molecule has 0 aromatic carbocycles. The Balaban J connectivity index is 1.34. The second-order valence-corrected chi connectivity index (χ2v) is 9.16. The maximum Gasteiger partial charge on any atom is 0.328 e. The van der Waals surface area contributed by atoms with E-state index in [1.54, 1.807) is 6.20 Å². The van der Waals surface area contributed by atoms with Crippen LogP contribution in [0.1, 0.15) is 45.4 Å². The van der Waals surface area contributed by atoms with Crippen molar-refractivity contribution in [2.24, 2.45) is 5.41 Å². The van der Waals surface area contributed by atoms with Crippen LogP contribution >= 0.6 is 0 Å². The maximum atomic E-state index is 12.6. The molecule has 1 aliphatic heterocycles. The van der Waals surface area contributed by atoms with Crippen LogP contribution in [0.2, 0.25) is 0 Å². The molecule has 0 spiro atoms. The number of aliphatic carboxylic acids is 1. The third-order valence-electron chi connectivity index (χ3n) is 6.44. The molecule has 0 unspecified atom stereocenters. The maximum absolute atomic E-state index is 12.6. The van der Waals surface area contributed by atoms with Crippen molar-refractivity contribution in [3.8, 4) is 0 Å². The van der Waals surface area contributed by atoms with E-state index in [1.165, 1.54) is 0 Å². The molecule has 3 atom stereocenters. The standard InChI is InChI=1S/C23H35N5O5/c1-23(8-4-2-5-9-23)22(32)28-18(21(30)31)14-27-20(29)15-33-17-11-16(25-13-17)12-26-19-7-3-6-10-24-19/h3,6-7,10,16-18,25H,2,4-5,8-9,11-15H2,1H3,(H,24,26)(H,27,29)(H,28,32)(H,30,31)/t16-,17+,18-/m0/s1. The molecule has 10 nitrogen and oxygen atoms in total. The molecular formula is C23H35N5O5. The third-order valence-corrected chi connectivity index (χ3v) is 6.44. The van der Waals surface area contributed by atoms with Crippen molar-refractivity contribution in [2.45, 2.75) is 63.6 Å². The lowest BCUT2D eigenvalue weighted by Crippen LogP contribution is -2.53. The van der Waals surface area contributed by atoms with Crippen LogP contribution in [-0.4, -0.2) is 72.3 Å². The van der Waals surface area contributed by atoms with E-state index < -0.39 is 23.3 Å². The Labute approximate surface area is 194 Å². The van der Waals surface area contributed by atoms with Gasteiger partial charge >= 0.3 is 5.97 Å². The van der Waals surface area contributed by atoms with Crippen molar-refractivity contribution >= 4 is 23.6 Å². The molecule has 2 fully saturated rings. The number of hydrogen-bond acceptors (Lipinski definition) is 7. The summed E-state index contributed by atoms with van der Waals surface area (Å²) in [4.78, 5) is 40.6. The number of nitrogens with zero attached hydrogens (tertiary/aromatic N) is 1. The average Bonchev–Trinajstić information content (AvgIpc) is 3.27. The molecule has 10 heteroatoms. The molecule has 182 valence electrons. The van der Waals surface area contributed by atoms with Crippen LogP contribution in [0.4, 0.5) is 5.82 Å². The zero-order valence-corrected chi connectivity index (χ0v) is 19.1. The largest absolute Gasteiger partial charge is 0.480 e. The van der Waals surface area contributed by atoms with Crippen LogP contribution in [0.3, 0.4) is 0 Å². The number of carboxylic acid groups (broad SMARTS) is 1. The SMILES string of the molecule is CC1(C(=O)N[C@@H](CNC(=O)CO[C@H]2CN[C@H](CNc3ccccn3)C2)C(=O)O)CCCCC1. The first kappa shape index (κ1) is 24.9. The van der Waals surface area contributed by atoms with E-state index in [-0.39, 0.29) is 31.2 Å². The van der Waals surface area contributed by atoms with Crippen LogP contribution in [0.25, 0.3) is 0 Å². The van der Waals surface area contributed by atoms with Gasteiger partial charge in [0.2, 0.25) is 11.8 Å². The van der Waals surface area contributed by atoms with Crippen molar-refractivity contribution in [2.75, 3.05) is 31.6 Å². The van der Waals surface area contributed by atoms with Gasteiger partial charge in [-0.25, -0.2) is 9.78 Å². The first-order valence-electron chi connectivity index (χ1n) is 11.7. The molecule has 1 aromatic rings. The van der Waals surface area contributed by atoms with Crippen LogP contribution in [-0.2, 0) is 19.1 Å². The van der Waals surface area contributed by atoms with Crippen LogP contribution in [0.15, 0.2) is 24.4 Å². The van der Waals surface area contributed by atoms with E-state index in [9.17, 15) is 19.5 Å². The fraction of sp³-hybridized carbons (Fsp3) is 0.652. The number of pyridine rings is 1. The summed E-state index contributed by atoms with van der Waals surface area (Å²) in [5, 5.41) is 21.2. The molecular weight excluding hydrogens is 426 g/mol. The fourth-order valence-corrected chi connectivity index (χ4v) is 4.31. The number of hydrogen-bond donors (Lipinski definition) is 5. The van der Waals surface area contributed by atoms with Crippen molar-refractivity contribution in [3.05, 3.63) is 24.4 Å². The molecule has 1 aliphatic carbocycles. The first-order chi connectivity index (χ1) is 15.9. The highest BCUT2D eigenvalue weighted by Gasteiger charge is 2.36. The summed E-state index contributed by atoms with van der Waals surface area (Å²) in [6.07, 6.45) is 6.90. The molecule has 0 radical (unpaired) electrons. The number of rotatable bonds is 11. The molecule has 1 aromatic heterocycles. The Morgan fingerprint density at radius 3 is 2.76 bits per heavy atom. The fourth-order valence-electron chi connectivity index (χ4n) is 4.31. The van der Waals surface area contributed by atoms with Crippen molar-refractivity contribution in [1.29, 1.82) is 0 Å². The van der Waals surface area contributed by atoms with Gasteiger partial charge in [-0.05, 0) is 31.4 Å². The Hall–Kier alpha value is -2.72. The van der Waals surface area contributed by atoms with Gasteiger partial charge in [0.25, 0.3) is 0 Å². The van der Waals surface area contributed by atoms with Crippen LogP contribution < -0.4 is 21.3 Å². The van der Waals surface area contributed by atoms with Crippen molar-refractivity contribution < 1.29 is 24.2 Å². The summed E-state index contributed by atoms with van der Waals surface area (Å²) >= 11 is 0. The minimum Gasteiger partial charge on any atom is -0.480 e. The third kappa shape index (κ3) is 7.68. The summed E-state index contributed by atoms with van der Waals surface area (Å²) < 4.78 is 5.68. The zero-order chi connectivity index (χ0) is 23.7. The van der Waals surface area contributed by atoms with E-state index in [4.69, 9.17) is 4.74 Å². The molecule has 33 heavy (non-hydrogen) atoms. The van der Waals surface area contributed by atoms with Gasteiger partial charge in [0.15, 0.2) is 0 Å². The molecule has 2 heterocycles. The number of amides is 2. The number of carboxylic acids is 1. The highest BCUT2D eigenvalue weighted by Crippen LogP contribution is 2.35. The summed E-state index contributed by atoms with van der Waals surface area (Å²) in [6.45, 7) is 2.86. The first-order valence-corrected chi connectivity index (χ1v) is 11.7. The minimum absolute atomic E-state index is 0.104. The molecule has 1 saturated heterocycles. The molecule has 3 rings (SSSR count). The van der Waals surface area contributed by atoms with Gasteiger partial charge in [0.05, 0.1) is 6.10 Å². The van der Waals surface area contributed by atoms with Gasteiger partial charge in [-0.3, -0.25) is 9.59 Å². The number of carbonyl (C=O) groups is 3. The zero-order valence-electron chi connectivity index (χ0n) is 19.1. The second-order valence-electron chi connectivity index (χ2n) is 9.16. The monoisotopic (exact) mass is 461 g/mol. The van der Waals surface area contributed by atoms with Gasteiger partial charge in [-0.2, -0.15) is 0 Å². The molecule has 2 amide bonds. The Kier molecular flexibility index (Phi) is 9.02. The molecule has 2 aliphatic rings. The number of ether oxygens (including phenoxy) is 1.